The molecule has 0 spiro atoms. The summed E-state index contributed by atoms with van der Waals surface area (Å²) in [5.41, 5.74) is 1.23. The summed E-state index contributed by atoms with van der Waals surface area (Å²) >= 11 is 0. The quantitative estimate of drug-likeness (QED) is 0.532. The highest BCUT2D eigenvalue weighted by Gasteiger charge is 2.24. The van der Waals surface area contributed by atoms with Gasteiger partial charge in [0.15, 0.2) is 6.29 Å². The second-order valence-electron chi connectivity index (χ2n) is 4.38. The molecule has 19 heavy (non-hydrogen) atoms. The third kappa shape index (κ3) is 4.78. The SMILES string of the molecule is CC=CC(OC)C(CC(OC)OC)c1ccccc1. The zero-order valence-electron chi connectivity index (χ0n) is 12.2. The van der Waals surface area contributed by atoms with Crippen molar-refractivity contribution in [2.45, 2.75) is 31.7 Å². The van der Waals surface area contributed by atoms with E-state index in [4.69, 9.17) is 14.2 Å². The molecule has 0 aliphatic heterocycles. The third-order valence-electron chi connectivity index (χ3n) is 3.25. The molecule has 0 heterocycles. The fourth-order valence-electron chi connectivity index (χ4n) is 2.22. The van der Waals surface area contributed by atoms with Crippen LogP contribution < -0.4 is 0 Å². The van der Waals surface area contributed by atoms with E-state index in [9.17, 15) is 0 Å². The Morgan fingerprint density at radius 3 is 2.11 bits per heavy atom. The maximum absolute atomic E-state index is 5.60. The van der Waals surface area contributed by atoms with Gasteiger partial charge in [-0.3, -0.25) is 0 Å². The van der Waals surface area contributed by atoms with E-state index in [0.717, 1.165) is 6.42 Å². The zero-order valence-corrected chi connectivity index (χ0v) is 12.2. The second kappa shape index (κ2) is 8.86. The summed E-state index contributed by atoms with van der Waals surface area (Å²) in [5.74, 6) is 0.201. The summed E-state index contributed by atoms with van der Waals surface area (Å²) in [4.78, 5) is 0. The van der Waals surface area contributed by atoms with Crippen molar-refractivity contribution >= 4 is 0 Å². The minimum Gasteiger partial charge on any atom is -0.377 e. The maximum Gasteiger partial charge on any atom is 0.157 e. The van der Waals surface area contributed by atoms with Crippen LogP contribution in [0.3, 0.4) is 0 Å². The number of hydrogen-bond donors (Lipinski definition) is 0. The number of methoxy groups -OCH3 is 3. The monoisotopic (exact) mass is 264 g/mol. The Balaban J connectivity index is 2.96. The van der Waals surface area contributed by atoms with Crippen molar-refractivity contribution in [3.63, 3.8) is 0 Å². The first-order chi connectivity index (χ1) is 9.26. The van der Waals surface area contributed by atoms with Crippen LogP contribution in [-0.4, -0.2) is 33.7 Å². The molecule has 1 aromatic carbocycles. The highest BCUT2D eigenvalue weighted by molar-refractivity contribution is 5.22. The van der Waals surface area contributed by atoms with E-state index in [1.807, 2.05) is 31.2 Å². The van der Waals surface area contributed by atoms with Crippen molar-refractivity contribution in [3.8, 4) is 0 Å². The zero-order chi connectivity index (χ0) is 14.1. The number of hydrogen-bond acceptors (Lipinski definition) is 3. The van der Waals surface area contributed by atoms with Gasteiger partial charge in [0, 0.05) is 33.7 Å². The predicted octanol–water partition coefficient (Wildman–Crippen LogP) is 3.37. The average Bonchev–Trinajstić information content (AvgIpc) is 2.47. The van der Waals surface area contributed by atoms with Crippen LogP contribution in [0, 0.1) is 0 Å². The molecular formula is C16H24O3. The molecule has 0 radical (unpaired) electrons. The van der Waals surface area contributed by atoms with Crippen LogP contribution in [0.1, 0.15) is 24.8 Å². The number of rotatable bonds is 8. The van der Waals surface area contributed by atoms with Crippen LogP contribution in [-0.2, 0) is 14.2 Å². The summed E-state index contributed by atoms with van der Waals surface area (Å²) in [6.07, 6.45) is 4.62. The Bertz CT molecular complexity index is 358. The summed E-state index contributed by atoms with van der Waals surface area (Å²) in [5, 5.41) is 0. The Morgan fingerprint density at radius 2 is 1.63 bits per heavy atom. The molecule has 0 aliphatic rings. The summed E-state index contributed by atoms with van der Waals surface area (Å²) < 4.78 is 16.2. The van der Waals surface area contributed by atoms with Crippen LogP contribution in [0.4, 0.5) is 0 Å². The fraction of sp³-hybridized carbons (Fsp3) is 0.500. The molecule has 3 heteroatoms. The van der Waals surface area contributed by atoms with E-state index in [1.165, 1.54) is 5.56 Å². The van der Waals surface area contributed by atoms with Gasteiger partial charge in [-0.05, 0) is 12.5 Å². The minimum absolute atomic E-state index is 0.0141. The number of allylic oxidation sites excluding steroid dienone is 1. The molecule has 1 rings (SSSR count). The number of benzene rings is 1. The standard InChI is InChI=1S/C16H24O3/c1-5-9-15(17-2)14(12-16(18-3)19-4)13-10-7-6-8-11-13/h5-11,14-16H,12H2,1-4H3. The summed E-state index contributed by atoms with van der Waals surface area (Å²) in [6, 6.07) is 10.3. The van der Waals surface area contributed by atoms with Crippen LogP contribution >= 0.6 is 0 Å². The van der Waals surface area contributed by atoms with Crippen molar-refractivity contribution < 1.29 is 14.2 Å². The lowest BCUT2D eigenvalue weighted by molar-refractivity contribution is -0.114. The molecule has 1 aromatic rings. The molecule has 0 bridgehead atoms. The first kappa shape index (κ1) is 15.9. The molecule has 0 amide bonds. The van der Waals surface area contributed by atoms with Gasteiger partial charge in [-0.15, -0.1) is 0 Å². The maximum atomic E-state index is 5.60. The Hall–Kier alpha value is -1.16. The molecule has 0 fully saturated rings. The molecule has 2 unspecified atom stereocenters. The van der Waals surface area contributed by atoms with Gasteiger partial charge < -0.3 is 14.2 Å². The van der Waals surface area contributed by atoms with Crippen LogP contribution in [0.5, 0.6) is 0 Å². The van der Waals surface area contributed by atoms with E-state index in [-0.39, 0.29) is 18.3 Å². The van der Waals surface area contributed by atoms with Gasteiger partial charge in [0.2, 0.25) is 0 Å². The van der Waals surface area contributed by atoms with Gasteiger partial charge in [-0.25, -0.2) is 0 Å². The number of ether oxygens (including phenoxy) is 3. The fourth-order valence-corrected chi connectivity index (χ4v) is 2.22. The highest BCUT2D eigenvalue weighted by atomic mass is 16.7. The third-order valence-corrected chi connectivity index (χ3v) is 3.25. The largest absolute Gasteiger partial charge is 0.377 e. The lowest BCUT2D eigenvalue weighted by atomic mass is 9.89. The molecule has 0 saturated heterocycles. The van der Waals surface area contributed by atoms with Gasteiger partial charge in [0.25, 0.3) is 0 Å². The smallest absolute Gasteiger partial charge is 0.157 e. The van der Waals surface area contributed by atoms with E-state index >= 15 is 0 Å². The Labute approximate surface area is 116 Å². The van der Waals surface area contributed by atoms with Crippen molar-refractivity contribution in [1.82, 2.24) is 0 Å². The molecule has 0 aromatic heterocycles. The molecule has 0 saturated carbocycles. The summed E-state index contributed by atoms with van der Waals surface area (Å²) in [7, 11) is 5.05. The molecule has 0 N–H and O–H groups in total. The van der Waals surface area contributed by atoms with E-state index in [0.29, 0.717) is 0 Å². The molecule has 0 aliphatic carbocycles. The Morgan fingerprint density at radius 1 is 1.00 bits per heavy atom. The highest BCUT2D eigenvalue weighted by Crippen LogP contribution is 2.28. The first-order valence-electron chi connectivity index (χ1n) is 6.53. The van der Waals surface area contributed by atoms with Crippen LogP contribution in [0.25, 0.3) is 0 Å². The van der Waals surface area contributed by atoms with E-state index < -0.39 is 0 Å². The van der Waals surface area contributed by atoms with Gasteiger partial charge in [-0.2, -0.15) is 0 Å². The first-order valence-corrected chi connectivity index (χ1v) is 6.53. The average molecular weight is 264 g/mol. The molecule has 3 nitrogen and oxygen atoms in total. The van der Waals surface area contributed by atoms with Gasteiger partial charge in [0.1, 0.15) is 0 Å². The van der Waals surface area contributed by atoms with Gasteiger partial charge in [0.05, 0.1) is 6.10 Å². The van der Waals surface area contributed by atoms with E-state index in [2.05, 4.69) is 18.2 Å². The normalized spacial score (nSPS) is 15.0. The van der Waals surface area contributed by atoms with Crippen LogP contribution in [0.2, 0.25) is 0 Å². The van der Waals surface area contributed by atoms with Crippen molar-refractivity contribution in [3.05, 3.63) is 48.0 Å². The minimum atomic E-state index is -0.229. The van der Waals surface area contributed by atoms with E-state index in [1.54, 1.807) is 21.3 Å². The summed E-state index contributed by atoms with van der Waals surface area (Å²) in [6.45, 7) is 2.00. The molecule has 2 atom stereocenters. The topological polar surface area (TPSA) is 27.7 Å². The predicted molar refractivity (Wildman–Crippen MR) is 77.2 cm³/mol. The second-order valence-corrected chi connectivity index (χ2v) is 4.38. The van der Waals surface area contributed by atoms with Gasteiger partial charge in [-0.1, -0.05) is 42.5 Å². The molecular weight excluding hydrogens is 240 g/mol. The van der Waals surface area contributed by atoms with Crippen molar-refractivity contribution in [2.75, 3.05) is 21.3 Å². The van der Waals surface area contributed by atoms with Gasteiger partial charge >= 0.3 is 0 Å². The lowest BCUT2D eigenvalue weighted by Gasteiger charge is -2.27. The van der Waals surface area contributed by atoms with Crippen molar-refractivity contribution in [1.29, 1.82) is 0 Å². The van der Waals surface area contributed by atoms with Crippen molar-refractivity contribution in [2.24, 2.45) is 0 Å². The van der Waals surface area contributed by atoms with Crippen LogP contribution in [0.15, 0.2) is 42.5 Å². The molecule has 106 valence electrons. The lowest BCUT2D eigenvalue weighted by Crippen LogP contribution is -2.25. The Kier molecular flexibility index (Phi) is 7.41.